The van der Waals surface area contributed by atoms with Gasteiger partial charge in [0.2, 0.25) is 0 Å². The van der Waals surface area contributed by atoms with Crippen LogP contribution >= 0.6 is 0 Å². The van der Waals surface area contributed by atoms with Crippen LogP contribution in [-0.4, -0.2) is 16.9 Å². The smallest absolute Gasteiger partial charge is 0.351 e. The van der Waals surface area contributed by atoms with E-state index >= 15 is 0 Å². The lowest BCUT2D eigenvalue weighted by atomic mass is 10.1. The highest BCUT2D eigenvalue weighted by Crippen LogP contribution is 2.01. The molecule has 0 aliphatic heterocycles. The Morgan fingerprint density at radius 1 is 1.21 bits per heavy atom. The quantitative estimate of drug-likeness (QED) is 0.547. The van der Waals surface area contributed by atoms with Gasteiger partial charge in [-0.25, -0.2) is 4.79 Å². The van der Waals surface area contributed by atoms with Gasteiger partial charge in [-0.1, -0.05) is 30.3 Å². The predicted octanol–water partition coefficient (Wildman–Crippen LogP) is 0.797. The van der Waals surface area contributed by atoms with Gasteiger partial charge in [0.1, 0.15) is 5.70 Å². The molecule has 1 aromatic rings. The van der Waals surface area contributed by atoms with Gasteiger partial charge >= 0.3 is 5.97 Å². The van der Waals surface area contributed by atoms with Crippen molar-refractivity contribution in [2.24, 2.45) is 5.73 Å². The molecule has 1 aromatic carbocycles. The number of hydrogen-bond donors (Lipinski definition) is 2. The molecule has 0 fully saturated rings. The van der Waals surface area contributed by atoms with Crippen molar-refractivity contribution in [2.45, 2.75) is 0 Å². The lowest BCUT2D eigenvalue weighted by molar-refractivity contribution is -0.132. The van der Waals surface area contributed by atoms with Crippen molar-refractivity contribution in [3.63, 3.8) is 0 Å². The van der Waals surface area contributed by atoms with Gasteiger partial charge in [0.05, 0.1) is 0 Å². The maximum Gasteiger partial charge on any atom is 0.351 e. The number of rotatable bonds is 3. The second-order valence-electron chi connectivity index (χ2n) is 2.64. The van der Waals surface area contributed by atoms with E-state index in [1.807, 2.05) is 0 Å². The van der Waals surface area contributed by atoms with Crippen LogP contribution in [0.4, 0.5) is 0 Å². The first-order chi connectivity index (χ1) is 6.61. The number of carbonyl (C=O) groups is 2. The Morgan fingerprint density at radius 3 is 2.29 bits per heavy atom. The van der Waals surface area contributed by atoms with Gasteiger partial charge in [0.25, 0.3) is 0 Å². The van der Waals surface area contributed by atoms with Gasteiger partial charge in [0.15, 0.2) is 5.78 Å². The summed E-state index contributed by atoms with van der Waals surface area (Å²) in [6, 6.07) is 8.33. The van der Waals surface area contributed by atoms with E-state index in [4.69, 9.17) is 10.8 Å². The number of nitrogens with two attached hydrogens (primary N) is 1. The Balaban J connectivity index is 2.88. The maximum absolute atomic E-state index is 11.3. The van der Waals surface area contributed by atoms with Crippen LogP contribution in [0, 0.1) is 0 Å². The fourth-order valence-electron chi connectivity index (χ4n) is 0.889. The van der Waals surface area contributed by atoms with Gasteiger partial charge in [-0.3, -0.25) is 4.79 Å². The SMILES string of the molecule is NC(=CC(=O)c1ccccc1)C(=O)O. The van der Waals surface area contributed by atoms with Crippen molar-refractivity contribution in [3.8, 4) is 0 Å². The molecule has 1 rings (SSSR count). The Hall–Kier alpha value is -2.10. The number of benzene rings is 1. The summed E-state index contributed by atoms with van der Waals surface area (Å²) in [7, 11) is 0. The van der Waals surface area contributed by atoms with E-state index in [1.165, 1.54) is 0 Å². The highest BCUT2D eigenvalue weighted by molar-refractivity contribution is 6.08. The first kappa shape index (κ1) is 9.98. The van der Waals surface area contributed by atoms with Gasteiger partial charge in [-0.05, 0) is 0 Å². The van der Waals surface area contributed by atoms with E-state index in [2.05, 4.69) is 0 Å². The van der Waals surface area contributed by atoms with Crippen molar-refractivity contribution in [3.05, 3.63) is 47.7 Å². The monoisotopic (exact) mass is 191 g/mol. The molecule has 0 bridgehead atoms. The second-order valence-corrected chi connectivity index (χ2v) is 2.64. The summed E-state index contributed by atoms with van der Waals surface area (Å²) < 4.78 is 0. The number of carboxylic acids is 1. The number of allylic oxidation sites excluding steroid dienone is 1. The van der Waals surface area contributed by atoms with Gasteiger partial charge < -0.3 is 10.8 Å². The van der Waals surface area contributed by atoms with Crippen LogP contribution in [0.25, 0.3) is 0 Å². The number of hydrogen-bond acceptors (Lipinski definition) is 3. The maximum atomic E-state index is 11.3. The van der Waals surface area contributed by atoms with Gasteiger partial charge in [-0.2, -0.15) is 0 Å². The third-order valence-electron chi connectivity index (χ3n) is 1.59. The number of aliphatic carboxylic acids is 1. The van der Waals surface area contributed by atoms with E-state index in [0.717, 1.165) is 6.08 Å². The van der Waals surface area contributed by atoms with Crippen molar-refractivity contribution < 1.29 is 14.7 Å². The van der Waals surface area contributed by atoms with Gasteiger partial charge in [-0.15, -0.1) is 0 Å². The predicted molar refractivity (Wildman–Crippen MR) is 50.7 cm³/mol. The van der Waals surface area contributed by atoms with Crippen LogP contribution in [-0.2, 0) is 4.79 Å². The number of carboxylic acid groups (broad SMARTS) is 1. The minimum Gasteiger partial charge on any atom is -0.477 e. The standard InChI is InChI=1S/C10H9NO3/c11-8(10(13)14)6-9(12)7-4-2-1-3-5-7/h1-6H,11H2,(H,13,14). The summed E-state index contributed by atoms with van der Waals surface area (Å²) in [5.74, 6) is -1.71. The van der Waals surface area contributed by atoms with Crippen molar-refractivity contribution >= 4 is 11.8 Å². The molecule has 0 spiro atoms. The van der Waals surface area contributed by atoms with Crippen LogP contribution in [0.2, 0.25) is 0 Å². The van der Waals surface area contributed by atoms with Crippen LogP contribution in [0.15, 0.2) is 42.1 Å². The van der Waals surface area contributed by atoms with E-state index in [1.54, 1.807) is 30.3 Å². The Morgan fingerprint density at radius 2 is 1.79 bits per heavy atom. The molecule has 0 saturated heterocycles. The normalized spacial score (nSPS) is 11.0. The first-order valence-corrected chi connectivity index (χ1v) is 3.91. The minimum absolute atomic E-state index is 0.412. The fourth-order valence-corrected chi connectivity index (χ4v) is 0.889. The molecule has 72 valence electrons. The fraction of sp³-hybridized carbons (Fsp3) is 0. The molecule has 4 nitrogen and oxygen atoms in total. The van der Waals surface area contributed by atoms with E-state index < -0.39 is 17.4 Å². The molecule has 0 radical (unpaired) electrons. The average Bonchev–Trinajstić information content (AvgIpc) is 2.19. The molecule has 0 saturated carbocycles. The molecule has 0 atom stereocenters. The van der Waals surface area contributed by atoms with Gasteiger partial charge in [0, 0.05) is 11.6 Å². The molecule has 0 heterocycles. The van der Waals surface area contributed by atoms with Crippen LogP contribution in [0.3, 0.4) is 0 Å². The van der Waals surface area contributed by atoms with Crippen molar-refractivity contribution in [1.82, 2.24) is 0 Å². The average molecular weight is 191 g/mol. The molecular weight excluding hydrogens is 182 g/mol. The molecule has 14 heavy (non-hydrogen) atoms. The molecule has 0 aliphatic carbocycles. The largest absolute Gasteiger partial charge is 0.477 e. The van der Waals surface area contributed by atoms with E-state index in [-0.39, 0.29) is 0 Å². The van der Waals surface area contributed by atoms with E-state index in [9.17, 15) is 9.59 Å². The summed E-state index contributed by atoms with van der Waals surface area (Å²) in [4.78, 5) is 21.7. The van der Waals surface area contributed by atoms with Crippen molar-refractivity contribution in [2.75, 3.05) is 0 Å². The summed E-state index contributed by atoms with van der Waals surface area (Å²) in [6.45, 7) is 0. The molecular formula is C10H9NO3. The Bertz CT molecular complexity index is 382. The zero-order valence-corrected chi connectivity index (χ0v) is 7.31. The van der Waals surface area contributed by atoms with Crippen molar-refractivity contribution in [1.29, 1.82) is 0 Å². The highest BCUT2D eigenvalue weighted by atomic mass is 16.4. The third-order valence-corrected chi connectivity index (χ3v) is 1.59. The summed E-state index contributed by atoms with van der Waals surface area (Å²) >= 11 is 0. The lowest BCUT2D eigenvalue weighted by Crippen LogP contribution is -2.12. The molecule has 0 aliphatic rings. The van der Waals surface area contributed by atoms with Crippen LogP contribution in [0.5, 0.6) is 0 Å². The number of carbonyl (C=O) groups excluding carboxylic acids is 1. The topological polar surface area (TPSA) is 80.4 Å². The molecule has 0 aromatic heterocycles. The van der Waals surface area contributed by atoms with Crippen LogP contribution in [0.1, 0.15) is 10.4 Å². The molecule has 0 amide bonds. The van der Waals surface area contributed by atoms with Crippen LogP contribution < -0.4 is 5.73 Å². The lowest BCUT2D eigenvalue weighted by Gasteiger charge is -1.95. The third kappa shape index (κ3) is 2.45. The minimum atomic E-state index is -1.30. The molecule has 3 N–H and O–H groups in total. The zero-order valence-electron chi connectivity index (χ0n) is 7.31. The first-order valence-electron chi connectivity index (χ1n) is 3.91. The number of ketones is 1. The summed E-state index contributed by atoms with van der Waals surface area (Å²) in [5, 5.41) is 8.43. The second kappa shape index (κ2) is 4.23. The summed E-state index contributed by atoms with van der Waals surface area (Å²) in [5.41, 5.74) is 5.05. The highest BCUT2D eigenvalue weighted by Gasteiger charge is 2.06. The molecule has 0 unspecified atom stereocenters. The zero-order chi connectivity index (χ0) is 10.6. The molecule has 4 heteroatoms. The Kier molecular flexibility index (Phi) is 3.01. The Labute approximate surface area is 80.7 Å². The summed E-state index contributed by atoms with van der Waals surface area (Å²) in [6.07, 6.45) is 0.900. The van der Waals surface area contributed by atoms with E-state index in [0.29, 0.717) is 5.56 Å².